The van der Waals surface area contributed by atoms with Gasteiger partial charge in [-0.05, 0) is 42.8 Å². The summed E-state index contributed by atoms with van der Waals surface area (Å²) >= 11 is 0. The summed E-state index contributed by atoms with van der Waals surface area (Å²) in [5.41, 5.74) is 5.12. The molecule has 4 aromatic rings. The van der Waals surface area contributed by atoms with Gasteiger partial charge < -0.3 is 14.6 Å². The first-order valence-electron chi connectivity index (χ1n) is 9.78. The van der Waals surface area contributed by atoms with Crippen LogP contribution in [0.3, 0.4) is 0 Å². The molecule has 0 atom stereocenters. The van der Waals surface area contributed by atoms with Crippen LogP contribution in [0.15, 0.2) is 85.1 Å². The summed E-state index contributed by atoms with van der Waals surface area (Å²) in [5.74, 6) is 0.609. The quantitative estimate of drug-likeness (QED) is 0.509. The van der Waals surface area contributed by atoms with Crippen LogP contribution < -0.4 is 10.1 Å². The Kier molecular flexibility index (Phi) is 5.61. The number of ether oxygens (including phenoxy) is 1. The molecule has 5 heteroatoms. The molecule has 2 aromatic carbocycles. The maximum atomic E-state index is 13.0. The lowest BCUT2D eigenvalue weighted by Gasteiger charge is -2.15. The van der Waals surface area contributed by atoms with E-state index in [1.165, 1.54) is 0 Å². The van der Waals surface area contributed by atoms with E-state index in [0.29, 0.717) is 12.1 Å². The van der Waals surface area contributed by atoms with Crippen molar-refractivity contribution in [1.29, 1.82) is 0 Å². The van der Waals surface area contributed by atoms with Crippen LogP contribution in [0.1, 0.15) is 21.7 Å². The predicted octanol–water partition coefficient (Wildman–Crippen LogP) is 4.79. The van der Waals surface area contributed by atoms with Crippen LogP contribution >= 0.6 is 0 Å². The molecule has 0 aliphatic heterocycles. The minimum absolute atomic E-state index is 0.135. The summed E-state index contributed by atoms with van der Waals surface area (Å²) in [6, 6.07) is 25.4. The number of hydrogen-bond acceptors (Lipinski definition) is 3. The number of nitrogens with one attached hydrogen (secondary N) is 1. The van der Waals surface area contributed by atoms with E-state index in [9.17, 15) is 4.79 Å². The maximum absolute atomic E-state index is 13.0. The standard InChI is InChI=1S/C25H23N3O2/c1-18-21(25(29)27-17-20-12-8-9-15-26-20)16-23(19-10-4-3-5-11-19)28(18)22-13-6-7-14-24(22)30-2/h3-16H,17H2,1-2H3,(H,27,29). The van der Waals surface area contributed by atoms with Gasteiger partial charge in [-0.2, -0.15) is 0 Å². The van der Waals surface area contributed by atoms with Crippen molar-refractivity contribution < 1.29 is 9.53 Å². The minimum atomic E-state index is -0.135. The molecule has 0 aliphatic carbocycles. The number of aromatic nitrogens is 2. The number of amides is 1. The van der Waals surface area contributed by atoms with Gasteiger partial charge in [-0.3, -0.25) is 9.78 Å². The number of hydrogen-bond donors (Lipinski definition) is 1. The molecule has 1 amide bonds. The van der Waals surface area contributed by atoms with E-state index in [0.717, 1.165) is 34.1 Å². The van der Waals surface area contributed by atoms with Crippen molar-refractivity contribution in [1.82, 2.24) is 14.9 Å². The Bertz CT molecular complexity index is 1150. The van der Waals surface area contributed by atoms with Crippen molar-refractivity contribution >= 4 is 5.91 Å². The number of carbonyl (C=O) groups excluding carboxylic acids is 1. The number of pyridine rings is 1. The second-order valence-electron chi connectivity index (χ2n) is 6.91. The summed E-state index contributed by atoms with van der Waals surface area (Å²) in [4.78, 5) is 17.3. The molecule has 5 nitrogen and oxygen atoms in total. The molecule has 2 heterocycles. The lowest BCUT2D eigenvalue weighted by Crippen LogP contribution is -2.23. The average Bonchev–Trinajstić information content (AvgIpc) is 3.15. The highest BCUT2D eigenvalue weighted by atomic mass is 16.5. The Labute approximate surface area is 176 Å². The largest absolute Gasteiger partial charge is 0.495 e. The molecule has 0 saturated carbocycles. The number of benzene rings is 2. The molecule has 0 unspecified atom stereocenters. The lowest BCUT2D eigenvalue weighted by molar-refractivity contribution is 0.0950. The molecule has 150 valence electrons. The third-order valence-electron chi connectivity index (χ3n) is 5.04. The zero-order chi connectivity index (χ0) is 20.9. The van der Waals surface area contributed by atoms with E-state index in [2.05, 4.69) is 14.9 Å². The summed E-state index contributed by atoms with van der Waals surface area (Å²) < 4.78 is 7.66. The van der Waals surface area contributed by atoms with Crippen LogP contribution in [0.5, 0.6) is 5.75 Å². The van der Waals surface area contributed by atoms with Crippen LogP contribution in [0, 0.1) is 6.92 Å². The fourth-order valence-corrected chi connectivity index (χ4v) is 3.55. The summed E-state index contributed by atoms with van der Waals surface area (Å²) in [6.45, 7) is 2.33. The van der Waals surface area contributed by atoms with Crippen LogP contribution in [-0.4, -0.2) is 22.6 Å². The Hall–Kier alpha value is -3.86. The second-order valence-corrected chi connectivity index (χ2v) is 6.91. The summed E-state index contributed by atoms with van der Waals surface area (Å²) in [5, 5.41) is 2.98. The highest BCUT2D eigenvalue weighted by molar-refractivity contribution is 5.97. The van der Waals surface area contributed by atoms with Crippen molar-refractivity contribution in [3.8, 4) is 22.7 Å². The van der Waals surface area contributed by atoms with Crippen molar-refractivity contribution in [3.05, 3.63) is 102 Å². The van der Waals surface area contributed by atoms with Crippen molar-refractivity contribution in [3.63, 3.8) is 0 Å². The SMILES string of the molecule is COc1ccccc1-n1c(-c2ccccc2)cc(C(=O)NCc2ccccn2)c1C. The van der Waals surface area contributed by atoms with Crippen molar-refractivity contribution in [2.24, 2.45) is 0 Å². The molecule has 0 spiro atoms. The normalized spacial score (nSPS) is 10.6. The summed E-state index contributed by atoms with van der Waals surface area (Å²) in [7, 11) is 1.65. The Morgan fingerprint density at radius 3 is 2.47 bits per heavy atom. The zero-order valence-corrected chi connectivity index (χ0v) is 17.0. The molecule has 2 aromatic heterocycles. The molecule has 0 bridgehead atoms. The third kappa shape index (κ3) is 3.82. The van der Waals surface area contributed by atoms with Crippen LogP contribution in [0.4, 0.5) is 0 Å². The molecule has 1 N–H and O–H groups in total. The van der Waals surface area contributed by atoms with Crippen molar-refractivity contribution in [2.45, 2.75) is 13.5 Å². The lowest BCUT2D eigenvalue weighted by atomic mass is 10.1. The fraction of sp³-hybridized carbons (Fsp3) is 0.120. The topological polar surface area (TPSA) is 56.1 Å². The van der Waals surface area contributed by atoms with E-state index < -0.39 is 0 Å². The minimum Gasteiger partial charge on any atom is -0.495 e. The molecular formula is C25H23N3O2. The monoisotopic (exact) mass is 397 g/mol. The van der Waals surface area contributed by atoms with Gasteiger partial charge in [-0.1, -0.05) is 48.5 Å². The van der Waals surface area contributed by atoms with E-state index in [4.69, 9.17) is 4.74 Å². The first-order valence-corrected chi connectivity index (χ1v) is 9.78. The van der Waals surface area contributed by atoms with E-state index in [1.807, 2.05) is 85.8 Å². The highest BCUT2D eigenvalue weighted by Crippen LogP contribution is 2.33. The van der Waals surface area contributed by atoms with Gasteiger partial charge in [0.2, 0.25) is 0 Å². The van der Waals surface area contributed by atoms with E-state index >= 15 is 0 Å². The van der Waals surface area contributed by atoms with Gasteiger partial charge in [0.25, 0.3) is 5.91 Å². The van der Waals surface area contributed by atoms with Gasteiger partial charge in [-0.15, -0.1) is 0 Å². The first-order chi connectivity index (χ1) is 14.7. The second kappa shape index (κ2) is 8.66. The van der Waals surface area contributed by atoms with Crippen LogP contribution in [0.2, 0.25) is 0 Å². The molecule has 30 heavy (non-hydrogen) atoms. The Morgan fingerprint density at radius 2 is 1.73 bits per heavy atom. The zero-order valence-electron chi connectivity index (χ0n) is 17.0. The van der Waals surface area contributed by atoms with Crippen molar-refractivity contribution in [2.75, 3.05) is 7.11 Å². The van der Waals surface area contributed by atoms with Gasteiger partial charge in [0.05, 0.1) is 36.3 Å². The number of rotatable bonds is 6. The molecule has 0 saturated heterocycles. The molecule has 0 radical (unpaired) electrons. The fourth-order valence-electron chi connectivity index (χ4n) is 3.55. The first kappa shape index (κ1) is 19.5. The maximum Gasteiger partial charge on any atom is 0.253 e. The van der Waals surface area contributed by atoms with Crippen LogP contribution in [-0.2, 0) is 6.54 Å². The predicted molar refractivity (Wildman–Crippen MR) is 118 cm³/mol. The van der Waals surface area contributed by atoms with E-state index in [-0.39, 0.29) is 5.91 Å². The van der Waals surface area contributed by atoms with Gasteiger partial charge in [-0.25, -0.2) is 0 Å². The summed E-state index contributed by atoms with van der Waals surface area (Å²) in [6.07, 6.45) is 1.72. The Morgan fingerprint density at radius 1 is 1.00 bits per heavy atom. The van der Waals surface area contributed by atoms with E-state index in [1.54, 1.807) is 13.3 Å². The highest BCUT2D eigenvalue weighted by Gasteiger charge is 2.21. The average molecular weight is 397 g/mol. The molecule has 0 aliphatic rings. The number of carbonyl (C=O) groups is 1. The molecular weight excluding hydrogens is 374 g/mol. The van der Waals surface area contributed by atoms with Crippen LogP contribution in [0.25, 0.3) is 16.9 Å². The van der Waals surface area contributed by atoms with Gasteiger partial charge in [0, 0.05) is 11.9 Å². The number of nitrogens with zero attached hydrogens (tertiary/aromatic N) is 2. The number of methoxy groups -OCH3 is 1. The van der Waals surface area contributed by atoms with Gasteiger partial charge in [0.15, 0.2) is 0 Å². The third-order valence-corrected chi connectivity index (χ3v) is 5.04. The van der Waals surface area contributed by atoms with Gasteiger partial charge in [0.1, 0.15) is 5.75 Å². The molecule has 0 fully saturated rings. The Balaban J connectivity index is 1.77. The van der Waals surface area contributed by atoms with Gasteiger partial charge >= 0.3 is 0 Å². The smallest absolute Gasteiger partial charge is 0.253 e. The number of para-hydroxylation sites is 2. The molecule has 4 rings (SSSR count).